The lowest BCUT2D eigenvalue weighted by Crippen LogP contribution is -2.41. The van der Waals surface area contributed by atoms with Crippen LogP contribution in [0.5, 0.6) is 29.0 Å². The Balaban J connectivity index is 0.776. The van der Waals surface area contributed by atoms with E-state index < -0.39 is 0 Å². The minimum atomic E-state index is -0.358. The van der Waals surface area contributed by atoms with E-state index in [0.717, 1.165) is 11.4 Å². The number of piperidine rings is 1. The fourth-order valence-electron chi connectivity index (χ4n) is 8.04. The summed E-state index contributed by atoms with van der Waals surface area (Å²) in [7, 11) is 3.61. The minimum absolute atomic E-state index is 0.0123. The number of nitrogens with one attached hydrogen (secondary N) is 2. The van der Waals surface area contributed by atoms with Crippen molar-refractivity contribution < 1.29 is 39.1 Å². The van der Waals surface area contributed by atoms with Crippen LogP contribution in [0.1, 0.15) is 42.6 Å². The number of nitrogens with zero attached hydrogens (tertiary/aromatic N) is 8. The first-order valence-corrected chi connectivity index (χ1v) is 21.6. The first kappa shape index (κ1) is 44.0. The molecule has 0 bridgehead atoms. The molecule has 5 N–H and O–H groups in total. The Bertz CT molecular complexity index is 2670. The van der Waals surface area contributed by atoms with Crippen LogP contribution in [-0.4, -0.2) is 112 Å². The predicted molar refractivity (Wildman–Crippen MR) is 246 cm³/mol. The van der Waals surface area contributed by atoms with Gasteiger partial charge in [-0.05, 0) is 86.3 Å². The normalized spacial score (nSPS) is 13.8. The van der Waals surface area contributed by atoms with Crippen molar-refractivity contribution >= 4 is 46.3 Å². The van der Waals surface area contributed by atoms with Crippen molar-refractivity contribution in [3.8, 4) is 46.1 Å². The number of hydrogen-bond acceptors (Lipinski definition) is 15. The van der Waals surface area contributed by atoms with Crippen LogP contribution < -0.4 is 34.8 Å². The first-order valence-electron chi connectivity index (χ1n) is 21.6. The van der Waals surface area contributed by atoms with Crippen molar-refractivity contribution in [3.05, 3.63) is 96.2 Å². The van der Waals surface area contributed by atoms with Crippen molar-refractivity contribution in [1.29, 1.82) is 0 Å². The molecule has 6 aromatic rings. The van der Waals surface area contributed by atoms with E-state index in [1.165, 1.54) is 10.6 Å². The number of para-hydroxylation sites is 1. The number of carbonyl (C=O) groups excluding carboxylic acids is 2. The maximum absolute atomic E-state index is 13.2. The van der Waals surface area contributed by atoms with Crippen LogP contribution >= 0.6 is 0 Å². The SMILES string of the molecule is CCOc1cc(N2CCC(C(=O)NCCOCCOc3ccc(-n4c(O)nnc4-c4cc(CC)c(O)cc4O)cc3)CC2)ccc1Nc1ncc2c(n1)N(C)c1ccccc1C(=O)N2C. The third-order valence-corrected chi connectivity index (χ3v) is 11.6. The number of fused-ring (bicyclic) bond motifs is 2. The summed E-state index contributed by atoms with van der Waals surface area (Å²) in [4.78, 5) is 41.4. The molecular formula is C47H52N10O8. The van der Waals surface area contributed by atoms with Gasteiger partial charge < -0.3 is 54.9 Å². The molecule has 0 atom stereocenters. The van der Waals surface area contributed by atoms with Crippen molar-refractivity contribution in [2.24, 2.45) is 5.92 Å². The maximum atomic E-state index is 13.2. The van der Waals surface area contributed by atoms with Gasteiger partial charge in [-0.15, -0.1) is 5.10 Å². The molecular weight excluding hydrogens is 833 g/mol. The Kier molecular flexibility index (Phi) is 13.2. The van der Waals surface area contributed by atoms with Crippen LogP contribution in [0.3, 0.4) is 0 Å². The average Bonchev–Trinajstić information content (AvgIpc) is 3.68. The fraction of sp³-hybridized carbons (Fsp3) is 0.319. The number of rotatable bonds is 16. The molecule has 2 aromatic heterocycles. The van der Waals surface area contributed by atoms with Crippen LogP contribution in [0.4, 0.5) is 34.5 Å². The van der Waals surface area contributed by atoms with E-state index in [1.54, 1.807) is 48.5 Å². The van der Waals surface area contributed by atoms with Crippen molar-refractivity contribution in [2.75, 3.05) is 80.2 Å². The standard InChI is InChI=1S/C47H52N10O8/c1-5-29-25-35(40(59)27-39(29)58)42-52-53-47(62)57(42)31-11-14-33(15-12-31)65-24-23-63-22-19-48-44(60)30-17-20-56(21-18-30)32-13-16-36(41(26-32)64-6-2)50-46-49-28-38-43(51-46)54(3)37-10-8-7-9-34(37)45(61)55(38)4/h7-16,25-28,30,58-59H,5-6,17-24H2,1-4H3,(H,48,60)(H,53,62)(H,49,50,51). The number of amides is 2. The number of ether oxygens (including phenoxy) is 3. The zero-order valence-corrected chi connectivity index (χ0v) is 36.7. The Morgan fingerprint density at radius 3 is 2.35 bits per heavy atom. The monoisotopic (exact) mass is 884 g/mol. The summed E-state index contributed by atoms with van der Waals surface area (Å²) in [5.41, 5.74) is 5.12. The number of phenolic OH excluding ortho intramolecular Hbond substituents is 2. The third-order valence-electron chi connectivity index (χ3n) is 11.6. The molecule has 0 saturated carbocycles. The Morgan fingerprint density at radius 2 is 1.58 bits per heavy atom. The Labute approximate surface area is 376 Å². The van der Waals surface area contributed by atoms with Gasteiger partial charge in [-0.25, -0.2) is 9.55 Å². The number of phenols is 2. The third kappa shape index (κ3) is 9.38. The molecule has 338 valence electrons. The lowest BCUT2D eigenvalue weighted by atomic mass is 9.95. The fourth-order valence-corrected chi connectivity index (χ4v) is 8.04. The molecule has 0 radical (unpaired) electrons. The number of benzene rings is 4. The number of carbonyl (C=O) groups is 2. The second kappa shape index (κ2) is 19.4. The van der Waals surface area contributed by atoms with Crippen LogP contribution in [0, 0.1) is 5.92 Å². The van der Waals surface area contributed by atoms with Gasteiger partial charge >= 0.3 is 6.01 Å². The van der Waals surface area contributed by atoms with Gasteiger partial charge in [0.2, 0.25) is 11.9 Å². The summed E-state index contributed by atoms with van der Waals surface area (Å²) in [5, 5.41) is 45.3. The van der Waals surface area contributed by atoms with Crippen molar-refractivity contribution in [1.82, 2.24) is 30.0 Å². The highest BCUT2D eigenvalue weighted by Crippen LogP contribution is 2.40. The van der Waals surface area contributed by atoms with E-state index >= 15 is 0 Å². The Morgan fingerprint density at radius 1 is 0.815 bits per heavy atom. The van der Waals surface area contributed by atoms with E-state index in [2.05, 4.69) is 30.7 Å². The highest BCUT2D eigenvalue weighted by Gasteiger charge is 2.30. The van der Waals surface area contributed by atoms with Crippen LogP contribution in [0.25, 0.3) is 17.1 Å². The number of aromatic nitrogens is 5. The maximum Gasteiger partial charge on any atom is 0.319 e. The van der Waals surface area contributed by atoms with E-state index in [-0.39, 0.29) is 47.7 Å². The number of anilines is 6. The summed E-state index contributed by atoms with van der Waals surface area (Å²) in [6.45, 7) is 7.01. The lowest BCUT2D eigenvalue weighted by molar-refractivity contribution is -0.125. The highest BCUT2D eigenvalue weighted by atomic mass is 16.5. The van der Waals surface area contributed by atoms with Gasteiger partial charge in [0.25, 0.3) is 5.91 Å². The molecule has 4 aromatic carbocycles. The zero-order valence-electron chi connectivity index (χ0n) is 36.7. The van der Waals surface area contributed by atoms with Gasteiger partial charge in [0.05, 0.1) is 54.2 Å². The van der Waals surface area contributed by atoms with E-state index in [0.29, 0.717) is 116 Å². The summed E-state index contributed by atoms with van der Waals surface area (Å²) >= 11 is 0. The molecule has 2 aliphatic heterocycles. The molecule has 4 heterocycles. The Hall–Kier alpha value is -7.60. The second-order valence-corrected chi connectivity index (χ2v) is 15.6. The topological polar surface area (TPSA) is 213 Å². The molecule has 0 spiro atoms. The second-order valence-electron chi connectivity index (χ2n) is 15.6. The van der Waals surface area contributed by atoms with Gasteiger partial charge in [-0.1, -0.05) is 24.2 Å². The summed E-state index contributed by atoms with van der Waals surface area (Å²) in [6, 6.07) is 22.9. The molecule has 2 amide bonds. The van der Waals surface area contributed by atoms with Crippen molar-refractivity contribution in [2.45, 2.75) is 33.1 Å². The molecule has 18 heteroatoms. The van der Waals surface area contributed by atoms with E-state index in [1.807, 2.05) is 68.3 Å². The number of aromatic hydroxyl groups is 3. The molecule has 65 heavy (non-hydrogen) atoms. The quantitative estimate of drug-likeness (QED) is 0.0672. The van der Waals surface area contributed by atoms with E-state index in [4.69, 9.17) is 19.2 Å². The van der Waals surface area contributed by atoms with Crippen LogP contribution in [0.15, 0.2) is 85.1 Å². The van der Waals surface area contributed by atoms with E-state index in [9.17, 15) is 24.9 Å². The largest absolute Gasteiger partial charge is 0.508 e. The summed E-state index contributed by atoms with van der Waals surface area (Å²) in [6.07, 6.45) is 3.60. The predicted octanol–water partition coefficient (Wildman–Crippen LogP) is 6.33. The summed E-state index contributed by atoms with van der Waals surface area (Å²) in [5.74, 6) is 1.96. The van der Waals surface area contributed by atoms with Gasteiger partial charge in [-0.2, -0.15) is 4.98 Å². The molecule has 1 saturated heterocycles. The lowest BCUT2D eigenvalue weighted by Gasteiger charge is -2.33. The minimum Gasteiger partial charge on any atom is -0.508 e. The van der Waals surface area contributed by atoms with Gasteiger partial charge in [0.15, 0.2) is 11.6 Å². The van der Waals surface area contributed by atoms with Crippen molar-refractivity contribution in [3.63, 3.8) is 0 Å². The van der Waals surface area contributed by atoms with Gasteiger partial charge in [0.1, 0.15) is 35.3 Å². The number of hydrogen-bond donors (Lipinski definition) is 5. The molecule has 0 aliphatic carbocycles. The molecule has 8 rings (SSSR count). The van der Waals surface area contributed by atoms with Gasteiger partial charge in [0, 0.05) is 57.5 Å². The zero-order chi connectivity index (χ0) is 45.6. The molecule has 1 fully saturated rings. The first-order chi connectivity index (χ1) is 31.5. The van der Waals surface area contributed by atoms with Gasteiger partial charge in [-0.3, -0.25) is 9.59 Å². The smallest absolute Gasteiger partial charge is 0.319 e. The summed E-state index contributed by atoms with van der Waals surface area (Å²) < 4.78 is 19.0. The highest BCUT2D eigenvalue weighted by molar-refractivity contribution is 6.13. The van der Waals surface area contributed by atoms with Crippen LogP contribution in [0.2, 0.25) is 0 Å². The van der Waals surface area contributed by atoms with Crippen LogP contribution in [-0.2, 0) is 16.0 Å². The molecule has 0 unspecified atom stereocenters. The number of aryl methyl sites for hydroxylation is 1. The average molecular weight is 885 g/mol. The molecule has 18 nitrogen and oxygen atoms in total. The molecule has 2 aliphatic rings.